The lowest BCUT2D eigenvalue weighted by Gasteiger charge is -2.32. The average molecular weight is 364 g/mol. The number of carbonyl (C=O) groups is 1. The van der Waals surface area contributed by atoms with Gasteiger partial charge in [-0.25, -0.2) is 0 Å². The molecule has 1 atom stereocenters. The summed E-state index contributed by atoms with van der Waals surface area (Å²) in [5.74, 6) is 3.50. The van der Waals surface area contributed by atoms with Crippen LogP contribution >= 0.6 is 0 Å². The van der Waals surface area contributed by atoms with Gasteiger partial charge in [0.1, 0.15) is 11.5 Å². The van der Waals surface area contributed by atoms with Gasteiger partial charge in [0.15, 0.2) is 0 Å². The van der Waals surface area contributed by atoms with Crippen molar-refractivity contribution in [3.63, 3.8) is 0 Å². The van der Waals surface area contributed by atoms with Crippen molar-refractivity contribution in [2.75, 3.05) is 46.8 Å². The third kappa shape index (κ3) is 7.50. The van der Waals surface area contributed by atoms with Gasteiger partial charge < -0.3 is 19.5 Å². The number of likely N-dealkylation sites (N-methyl/N-ethyl adjacent to an activating group) is 1. The fraction of sp³-hybridized carbons (Fsp3) is 0.762. The molecule has 5 nitrogen and oxygen atoms in total. The molecule has 1 fully saturated rings. The fourth-order valence-corrected chi connectivity index (χ4v) is 3.58. The lowest BCUT2D eigenvalue weighted by atomic mass is 9.91. The Morgan fingerprint density at radius 3 is 2.69 bits per heavy atom. The maximum atomic E-state index is 11.9. The highest BCUT2D eigenvalue weighted by molar-refractivity contribution is 5.75. The molecule has 0 aliphatic carbocycles. The van der Waals surface area contributed by atoms with Gasteiger partial charge in [-0.3, -0.25) is 4.79 Å². The molecule has 1 saturated heterocycles. The minimum atomic E-state index is 0.205. The quantitative estimate of drug-likeness (QED) is 0.693. The first-order valence-electron chi connectivity index (χ1n) is 10.1. The zero-order chi connectivity index (χ0) is 18.9. The van der Waals surface area contributed by atoms with Crippen molar-refractivity contribution in [3.05, 3.63) is 23.7 Å². The number of amides is 1. The predicted octanol–water partition coefficient (Wildman–Crippen LogP) is 3.25. The van der Waals surface area contributed by atoms with Crippen molar-refractivity contribution in [2.24, 2.45) is 5.92 Å². The van der Waals surface area contributed by atoms with Crippen LogP contribution in [-0.2, 0) is 4.79 Å². The van der Waals surface area contributed by atoms with E-state index >= 15 is 0 Å². The SMILES string of the molecule is Cc1ccc(C(C)CCN2CCC(CCC(=O)NCCN(C)C)CC2)o1. The molecule has 5 heteroatoms. The molecule has 0 radical (unpaired) electrons. The van der Waals surface area contributed by atoms with Gasteiger partial charge in [-0.1, -0.05) is 6.92 Å². The monoisotopic (exact) mass is 363 g/mol. The summed E-state index contributed by atoms with van der Waals surface area (Å²) in [7, 11) is 4.05. The van der Waals surface area contributed by atoms with E-state index in [0.717, 1.165) is 57.1 Å². The van der Waals surface area contributed by atoms with Gasteiger partial charge in [-0.15, -0.1) is 0 Å². The molecule has 1 aliphatic heterocycles. The Morgan fingerprint density at radius 1 is 1.35 bits per heavy atom. The first kappa shape index (κ1) is 21.0. The summed E-state index contributed by atoms with van der Waals surface area (Å²) in [4.78, 5) is 16.6. The Morgan fingerprint density at radius 2 is 2.08 bits per heavy atom. The molecule has 1 amide bonds. The van der Waals surface area contributed by atoms with E-state index in [1.165, 1.54) is 12.8 Å². The van der Waals surface area contributed by atoms with Crippen molar-refractivity contribution in [1.82, 2.24) is 15.1 Å². The number of piperidine rings is 1. The molecule has 0 spiro atoms. The fourth-order valence-electron chi connectivity index (χ4n) is 3.58. The number of furan rings is 1. The minimum absolute atomic E-state index is 0.205. The second-order valence-corrected chi connectivity index (χ2v) is 8.12. The lowest BCUT2D eigenvalue weighted by molar-refractivity contribution is -0.121. The maximum Gasteiger partial charge on any atom is 0.220 e. The summed E-state index contributed by atoms with van der Waals surface area (Å²) in [6.07, 6.45) is 5.29. The molecule has 1 aromatic heterocycles. The Bertz CT molecular complexity index is 533. The van der Waals surface area contributed by atoms with Crippen molar-refractivity contribution in [3.8, 4) is 0 Å². The van der Waals surface area contributed by atoms with Crippen LogP contribution in [0.5, 0.6) is 0 Å². The van der Waals surface area contributed by atoms with Crippen LogP contribution in [-0.4, -0.2) is 62.5 Å². The van der Waals surface area contributed by atoms with Crippen molar-refractivity contribution in [1.29, 1.82) is 0 Å². The van der Waals surface area contributed by atoms with Gasteiger partial charge in [0, 0.05) is 25.4 Å². The second kappa shape index (κ2) is 10.7. The van der Waals surface area contributed by atoms with Crippen LogP contribution in [0.15, 0.2) is 16.5 Å². The molecule has 0 saturated carbocycles. The van der Waals surface area contributed by atoms with E-state index in [1.807, 2.05) is 27.1 Å². The van der Waals surface area contributed by atoms with Crippen molar-refractivity contribution in [2.45, 2.75) is 51.9 Å². The van der Waals surface area contributed by atoms with Crippen LogP contribution in [0.4, 0.5) is 0 Å². The third-order valence-corrected chi connectivity index (χ3v) is 5.49. The molecular formula is C21H37N3O2. The van der Waals surface area contributed by atoms with Gasteiger partial charge in [-0.05, 0) is 84.4 Å². The van der Waals surface area contributed by atoms with E-state index in [0.29, 0.717) is 18.3 Å². The Balaban J connectivity index is 1.56. The topological polar surface area (TPSA) is 48.7 Å². The molecule has 1 unspecified atom stereocenters. The lowest BCUT2D eigenvalue weighted by Crippen LogP contribution is -2.35. The molecule has 0 aromatic carbocycles. The summed E-state index contributed by atoms with van der Waals surface area (Å²) in [5, 5.41) is 3.01. The van der Waals surface area contributed by atoms with Crippen LogP contribution < -0.4 is 5.32 Å². The van der Waals surface area contributed by atoms with E-state index < -0.39 is 0 Å². The van der Waals surface area contributed by atoms with Crippen LogP contribution in [0.3, 0.4) is 0 Å². The number of hydrogen-bond acceptors (Lipinski definition) is 4. The van der Waals surface area contributed by atoms with E-state index in [-0.39, 0.29) is 5.91 Å². The molecule has 26 heavy (non-hydrogen) atoms. The number of hydrogen-bond donors (Lipinski definition) is 1. The molecule has 2 rings (SSSR count). The Hall–Kier alpha value is -1.33. The highest BCUT2D eigenvalue weighted by atomic mass is 16.3. The second-order valence-electron chi connectivity index (χ2n) is 8.12. The molecule has 2 heterocycles. The van der Waals surface area contributed by atoms with Gasteiger partial charge in [-0.2, -0.15) is 0 Å². The standard InChI is InChI=1S/C21H37N3O2/c1-17(20-7-5-18(2)26-20)9-13-24-14-10-19(11-15-24)6-8-21(25)22-12-16-23(3)4/h5,7,17,19H,6,8-16H2,1-4H3,(H,22,25). The van der Waals surface area contributed by atoms with Gasteiger partial charge >= 0.3 is 0 Å². The van der Waals surface area contributed by atoms with Crippen LogP contribution in [0.1, 0.15) is 56.5 Å². The highest BCUT2D eigenvalue weighted by Gasteiger charge is 2.20. The molecule has 1 N–H and O–H groups in total. The summed E-state index contributed by atoms with van der Waals surface area (Å²) in [6, 6.07) is 4.16. The van der Waals surface area contributed by atoms with Gasteiger partial charge in [0.2, 0.25) is 5.91 Å². The van der Waals surface area contributed by atoms with E-state index in [4.69, 9.17) is 4.42 Å². The molecular weight excluding hydrogens is 326 g/mol. The van der Waals surface area contributed by atoms with Gasteiger partial charge in [0.05, 0.1) is 0 Å². The Labute approximate surface area is 159 Å². The zero-order valence-electron chi connectivity index (χ0n) is 17.1. The van der Waals surface area contributed by atoms with Crippen molar-refractivity contribution >= 4 is 5.91 Å². The molecule has 1 aromatic rings. The normalized spacial score (nSPS) is 17.6. The number of nitrogens with one attached hydrogen (secondary N) is 1. The largest absolute Gasteiger partial charge is 0.466 e. The maximum absolute atomic E-state index is 11.9. The minimum Gasteiger partial charge on any atom is -0.466 e. The van der Waals surface area contributed by atoms with E-state index in [2.05, 4.69) is 28.1 Å². The third-order valence-electron chi connectivity index (χ3n) is 5.49. The van der Waals surface area contributed by atoms with Crippen LogP contribution in [0.25, 0.3) is 0 Å². The van der Waals surface area contributed by atoms with Gasteiger partial charge in [0.25, 0.3) is 0 Å². The Kier molecular flexibility index (Phi) is 8.66. The first-order valence-corrected chi connectivity index (χ1v) is 10.1. The summed E-state index contributed by atoms with van der Waals surface area (Å²) in [6.45, 7) is 9.37. The number of aryl methyl sites for hydroxylation is 1. The van der Waals surface area contributed by atoms with Crippen molar-refractivity contribution < 1.29 is 9.21 Å². The summed E-state index contributed by atoms with van der Waals surface area (Å²) < 4.78 is 5.74. The molecule has 0 bridgehead atoms. The first-order chi connectivity index (χ1) is 12.4. The molecule has 1 aliphatic rings. The number of carbonyl (C=O) groups excluding carboxylic acids is 1. The zero-order valence-corrected chi connectivity index (χ0v) is 17.1. The number of likely N-dealkylation sites (tertiary alicyclic amines) is 1. The summed E-state index contributed by atoms with van der Waals surface area (Å²) >= 11 is 0. The van der Waals surface area contributed by atoms with E-state index in [9.17, 15) is 4.79 Å². The highest BCUT2D eigenvalue weighted by Crippen LogP contribution is 2.25. The smallest absolute Gasteiger partial charge is 0.220 e. The van der Waals surface area contributed by atoms with Crippen LogP contribution in [0, 0.1) is 12.8 Å². The number of nitrogens with zero attached hydrogens (tertiary/aromatic N) is 2. The van der Waals surface area contributed by atoms with Crippen LogP contribution in [0.2, 0.25) is 0 Å². The summed E-state index contributed by atoms with van der Waals surface area (Å²) in [5.41, 5.74) is 0. The predicted molar refractivity (Wildman–Crippen MR) is 106 cm³/mol. The van der Waals surface area contributed by atoms with E-state index in [1.54, 1.807) is 0 Å². The number of rotatable bonds is 10. The molecule has 148 valence electrons. The average Bonchev–Trinajstić information content (AvgIpc) is 3.05.